The van der Waals surface area contributed by atoms with E-state index in [2.05, 4.69) is 5.10 Å². The summed E-state index contributed by atoms with van der Waals surface area (Å²) in [5.41, 5.74) is 5.41. The lowest BCUT2D eigenvalue weighted by Gasteiger charge is -2.27. The fourth-order valence-electron chi connectivity index (χ4n) is 3.88. The SMILES string of the molecule is Cc1ccc(COCc2nn(C)c3c2CN(S(=O)(=O)Cc2cccc(F)c2)CC3)cc1. The molecule has 3 aromatic rings. The fourth-order valence-corrected chi connectivity index (χ4v) is 5.36. The van der Waals surface area contributed by atoms with E-state index in [1.807, 2.05) is 42.9 Å². The first-order valence-electron chi connectivity index (χ1n) is 10.2. The van der Waals surface area contributed by atoms with E-state index in [9.17, 15) is 12.8 Å². The van der Waals surface area contributed by atoms with E-state index in [0.29, 0.717) is 31.7 Å². The summed E-state index contributed by atoms with van der Waals surface area (Å²) >= 11 is 0. The summed E-state index contributed by atoms with van der Waals surface area (Å²) in [7, 11) is -1.71. The highest BCUT2D eigenvalue weighted by molar-refractivity contribution is 7.88. The molecule has 1 aliphatic rings. The topological polar surface area (TPSA) is 64.4 Å². The standard InChI is InChI=1S/C23H26FN3O3S/c1-17-6-8-18(9-7-17)14-30-15-22-21-13-27(11-10-23(21)26(2)25-22)31(28,29)16-19-4-3-5-20(24)12-19/h3-9,12H,10-11,13-16H2,1-2H3. The van der Waals surface area contributed by atoms with Gasteiger partial charge in [-0.15, -0.1) is 0 Å². The molecule has 8 heteroatoms. The normalized spacial score (nSPS) is 14.5. The number of rotatable bonds is 7. The number of ether oxygens (including phenoxy) is 1. The zero-order valence-electron chi connectivity index (χ0n) is 17.7. The van der Waals surface area contributed by atoms with Crippen LogP contribution < -0.4 is 0 Å². The van der Waals surface area contributed by atoms with Crippen molar-refractivity contribution in [3.8, 4) is 0 Å². The minimum absolute atomic E-state index is 0.223. The third-order valence-corrected chi connectivity index (χ3v) is 7.35. The lowest BCUT2D eigenvalue weighted by molar-refractivity contribution is 0.103. The Hall–Kier alpha value is -2.55. The first-order valence-corrected chi connectivity index (χ1v) is 11.8. The molecule has 2 heterocycles. The summed E-state index contributed by atoms with van der Waals surface area (Å²) in [5, 5.41) is 4.57. The van der Waals surface area contributed by atoms with Crippen LogP contribution in [-0.2, 0) is 53.7 Å². The maximum absolute atomic E-state index is 13.5. The molecule has 0 atom stereocenters. The average Bonchev–Trinajstić information content (AvgIpc) is 3.04. The van der Waals surface area contributed by atoms with Crippen LogP contribution in [0.5, 0.6) is 0 Å². The Balaban J connectivity index is 1.45. The molecule has 0 saturated heterocycles. The van der Waals surface area contributed by atoms with Crippen molar-refractivity contribution in [3.63, 3.8) is 0 Å². The summed E-state index contributed by atoms with van der Waals surface area (Å²) in [6, 6.07) is 13.9. The summed E-state index contributed by atoms with van der Waals surface area (Å²) < 4.78 is 48.5. The molecule has 1 aromatic heterocycles. The van der Waals surface area contributed by atoms with E-state index < -0.39 is 15.8 Å². The highest BCUT2D eigenvalue weighted by atomic mass is 32.2. The molecule has 164 valence electrons. The summed E-state index contributed by atoms with van der Waals surface area (Å²) in [6.45, 7) is 3.46. The van der Waals surface area contributed by atoms with E-state index >= 15 is 0 Å². The van der Waals surface area contributed by atoms with Gasteiger partial charge >= 0.3 is 0 Å². The Morgan fingerprint density at radius 1 is 1.10 bits per heavy atom. The highest BCUT2D eigenvalue weighted by Crippen LogP contribution is 2.26. The van der Waals surface area contributed by atoms with E-state index in [1.165, 1.54) is 28.1 Å². The van der Waals surface area contributed by atoms with Crippen molar-refractivity contribution >= 4 is 10.0 Å². The van der Waals surface area contributed by atoms with Crippen LogP contribution in [0, 0.1) is 12.7 Å². The predicted molar refractivity (Wildman–Crippen MR) is 116 cm³/mol. The number of nitrogens with zero attached hydrogens (tertiary/aromatic N) is 3. The quantitative estimate of drug-likeness (QED) is 0.561. The van der Waals surface area contributed by atoms with Crippen molar-refractivity contribution in [2.45, 2.75) is 38.9 Å². The molecule has 6 nitrogen and oxygen atoms in total. The van der Waals surface area contributed by atoms with Gasteiger partial charge in [0, 0.05) is 37.8 Å². The van der Waals surface area contributed by atoms with Crippen molar-refractivity contribution in [1.82, 2.24) is 14.1 Å². The van der Waals surface area contributed by atoms with Gasteiger partial charge in [0.25, 0.3) is 0 Å². The summed E-state index contributed by atoms with van der Waals surface area (Å²) in [4.78, 5) is 0. The Kier molecular flexibility index (Phi) is 6.22. The molecule has 0 N–H and O–H groups in total. The van der Waals surface area contributed by atoms with Gasteiger partial charge in [0.1, 0.15) is 5.82 Å². The molecule has 0 unspecified atom stereocenters. The van der Waals surface area contributed by atoms with Gasteiger partial charge in [0.05, 0.1) is 24.7 Å². The molecule has 4 rings (SSSR count). The molecule has 0 amide bonds. The van der Waals surface area contributed by atoms with Crippen molar-refractivity contribution in [2.75, 3.05) is 6.54 Å². The van der Waals surface area contributed by atoms with Crippen molar-refractivity contribution < 1.29 is 17.5 Å². The van der Waals surface area contributed by atoms with Crippen molar-refractivity contribution in [2.24, 2.45) is 7.05 Å². The Labute approximate surface area is 182 Å². The van der Waals surface area contributed by atoms with Gasteiger partial charge in [0.2, 0.25) is 10.0 Å². The van der Waals surface area contributed by atoms with E-state index in [-0.39, 0.29) is 12.3 Å². The highest BCUT2D eigenvalue weighted by Gasteiger charge is 2.31. The van der Waals surface area contributed by atoms with Crippen molar-refractivity contribution in [1.29, 1.82) is 0 Å². The molecule has 0 radical (unpaired) electrons. The first kappa shape index (κ1) is 21.7. The maximum Gasteiger partial charge on any atom is 0.218 e. The van der Waals surface area contributed by atoms with Crippen molar-refractivity contribution in [3.05, 3.63) is 88.0 Å². The number of fused-ring (bicyclic) bond motifs is 1. The zero-order chi connectivity index (χ0) is 22.0. The van der Waals surface area contributed by atoms with Crippen LogP contribution in [0.4, 0.5) is 4.39 Å². The average molecular weight is 444 g/mol. The Bertz CT molecular complexity index is 1170. The number of hydrogen-bond acceptors (Lipinski definition) is 4. The first-order chi connectivity index (χ1) is 14.8. The second-order valence-corrected chi connectivity index (χ2v) is 9.91. The van der Waals surface area contributed by atoms with Gasteiger partial charge in [-0.3, -0.25) is 4.68 Å². The maximum atomic E-state index is 13.5. The van der Waals surface area contributed by atoms with Crippen LogP contribution in [0.1, 0.15) is 33.6 Å². The minimum atomic E-state index is -3.58. The van der Waals surface area contributed by atoms with Crippen LogP contribution in [0.3, 0.4) is 0 Å². The molecule has 1 aliphatic heterocycles. The van der Waals surface area contributed by atoms with Crippen LogP contribution in [-0.4, -0.2) is 29.0 Å². The molecule has 0 spiro atoms. The van der Waals surface area contributed by atoms with E-state index in [4.69, 9.17) is 4.74 Å². The van der Waals surface area contributed by atoms with Crippen LogP contribution >= 0.6 is 0 Å². The van der Waals surface area contributed by atoms with E-state index in [0.717, 1.165) is 22.5 Å². The summed E-state index contributed by atoms with van der Waals surface area (Å²) in [6.07, 6.45) is 0.583. The Morgan fingerprint density at radius 3 is 2.61 bits per heavy atom. The number of aryl methyl sites for hydroxylation is 2. The number of hydrogen-bond donors (Lipinski definition) is 0. The predicted octanol–water partition coefficient (Wildman–Crippen LogP) is 3.47. The number of halogens is 1. The van der Waals surface area contributed by atoms with Gasteiger partial charge in [0.15, 0.2) is 0 Å². The Morgan fingerprint density at radius 2 is 1.87 bits per heavy atom. The minimum Gasteiger partial charge on any atom is -0.370 e. The molecule has 0 fully saturated rings. The summed E-state index contributed by atoms with van der Waals surface area (Å²) in [5.74, 6) is -0.659. The van der Waals surface area contributed by atoms with Gasteiger partial charge < -0.3 is 4.74 Å². The number of benzene rings is 2. The van der Waals surface area contributed by atoms with Crippen LogP contribution in [0.25, 0.3) is 0 Å². The molecule has 2 aromatic carbocycles. The fraction of sp³-hybridized carbons (Fsp3) is 0.348. The number of sulfonamides is 1. The third-order valence-electron chi connectivity index (χ3n) is 5.55. The molecule has 0 bridgehead atoms. The van der Waals surface area contributed by atoms with Gasteiger partial charge in [-0.25, -0.2) is 12.8 Å². The van der Waals surface area contributed by atoms with Gasteiger partial charge in [-0.2, -0.15) is 9.40 Å². The van der Waals surface area contributed by atoms with Gasteiger partial charge in [-0.1, -0.05) is 42.0 Å². The molecule has 31 heavy (non-hydrogen) atoms. The third kappa shape index (κ3) is 5.03. The monoisotopic (exact) mass is 443 g/mol. The second-order valence-electron chi connectivity index (χ2n) is 7.94. The lowest BCUT2D eigenvalue weighted by atomic mass is 10.1. The molecular formula is C23H26FN3O3S. The van der Waals surface area contributed by atoms with Crippen LogP contribution in [0.2, 0.25) is 0 Å². The number of aromatic nitrogens is 2. The second kappa shape index (κ2) is 8.90. The lowest BCUT2D eigenvalue weighted by Crippen LogP contribution is -2.37. The molecule has 0 saturated carbocycles. The smallest absolute Gasteiger partial charge is 0.218 e. The molecule has 0 aliphatic carbocycles. The zero-order valence-corrected chi connectivity index (χ0v) is 18.5. The van der Waals surface area contributed by atoms with Crippen LogP contribution in [0.15, 0.2) is 48.5 Å². The largest absolute Gasteiger partial charge is 0.370 e. The van der Waals surface area contributed by atoms with E-state index in [1.54, 1.807) is 6.07 Å². The molecular weight excluding hydrogens is 417 g/mol. The van der Waals surface area contributed by atoms with Gasteiger partial charge in [-0.05, 0) is 30.2 Å².